The molecule has 3 heterocycles. The summed E-state index contributed by atoms with van der Waals surface area (Å²) in [6.07, 6.45) is 8.97. The van der Waals surface area contributed by atoms with Crippen LogP contribution in [0.4, 0.5) is 0 Å². The largest absolute Gasteiger partial charge is 0.456 e. The first kappa shape index (κ1) is 39.4. The van der Waals surface area contributed by atoms with E-state index in [-0.39, 0.29) is 0 Å². The highest BCUT2D eigenvalue weighted by Gasteiger charge is 2.24. The maximum atomic E-state index is 6.53. The number of hydrogen-bond acceptors (Lipinski definition) is 4. The van der Waals surface area contributed by atoms with Crippen LogP contribution in [0.3, 0.4) is 0 Å². The minimum absolute atomic E-state index is 0.593. The van der Waals surface area contributed by atoms with Gasteiger partial charge in [0.2, 0.25) is 0 Å². The van der Waals surface area contributed by atoms with Crippen LogP contribution in [-0.2, 0) is 0 Å². The Hall–Kier alpha value is -8.93. The SMILES string of the molecule is C1=CC(c2ccc(-c3cc(-c4nc(-c5ccccc5)nc(-c5ccccc5)n4)cc(-c4ccc(-c5ccccc5)cc4)c3-n3c4ccccc4c4cc5oc6ccccc6c5cc43)cc2)=CCC1. The van der Waals surface area contributed by atoms with E-state index < -0.39 is 0 Å². The Morgan fingerprint density at radius 1 is 0.353 bits per heavy atom. The molecule has 12 aromatic rings. The molecule has 0 N–H and O–H groups in total. The number of rotatable bonds is 8. The third kappa shape index (κ3) is 6.92. The fraction of sp³-hybridized carbons (Fsp3) is 0.0317. The maximum Gasteiger partial charge on any atom is 0.164 e. The molecule has 5 heteroatoms. The summed E-state index contributed by atoms with van der Waals surface area (Å²) in [5.41, 5.74) is 16.7. The van der Waals surface area contributed by atoms with Gasteiger partial charge in [-0.25, -0.2) is 15.0 Å². The highest BCUT2D eigenvalue weighted by Crippen LogP contribution is 2.46. The van der Waals surface area contributed by atoms with Crippen LogP contribution in [0.15, 0.2) is 235 Å². The Balaban J connectivity index is 1.14. The minimum Gasteiger partial charge on any atom is -0.456 e. The molecule has 1 aliphatic rings. The lowest BCUT2D eigenvalue weighted by molar-refractivity contribution is 0.669. The number of hydrogen-bond donors (Lipinski definition) is 0. The summed E-state index contributed by atoms with van der Waals surface area (Å²) in [6.45, 7) is 0. The molecule has 13 rings (SSSR count). The van der Waals surface area contributed by atoms with Crippen molar-refractivity contribution < 1.29 is 4.42 Å². The summed E-state index contributed by atoms with van der Waals surface area (Å²) in [7, 11) is 0. The van der Waals surface area contributed by atoms with Gasteiger partial charge in [-0.05, 0) is 82.6 Å². The first-order chi connectivity index (χ1) is 33.7. The van der Waals surface area contributed by atoms with Gasteiger partial charge in [0.05, 0.1) is 16.7 Å². The number of nitrogens with zero attached hydrogens (tertiary/aromatic N) is 4. The van der Waals surface area contributed by atoms with Crippen molar-refractivity contribution >= 4 is 49.3 Å². The van der Waals surface area contributed by atoms with Crippen molar-refractivity contribution in [1.29, 1.82) is 0 Å². The molecule has 1 aliphatic carbocycles. The van der Waals surface area contributed by atoms with Gasteiger partial charge in [-0.15, -0.1) is 0 Å². The summed E-state index contributed by atoms with van der Waals surface area (Å²) < 4.78 is 9.01. The Morgan fingerprint density at radius 3 is 1.49 bits per heavy atom. The van der Waals surface area contributed by atoms with Crippen LogP contribution in [-0.4, -0.2) is 19.5 Å². The van der Waals surface area contributed by atoms with Crippen molar-refractivity contribution in [3.8, 4) is 73.2 Å². The molecule has 0 fully saturated rings. The number of para-hydroxylation sites is 2. The smallest absolute Gasteiger partial charge is 0.164 e. The number of aromatic nitrogens is 4. The second kappa shape index (κ2) is 16.5. The van der Waals surface area contributed by atoms with Gasteiger partial charge in [0.25, 0.3) is 0 Å². The third-order valence-corrected chi connectivity index (χ3v) is 13.3. The predicted octanol–water partition coefficient (Wildman–Crippen LogP) is 16.6. The molecular weight excluding hydrogens is 829 g/mol. The second-order valence-corrected chi connectivity index (χ2v) is 17.4. The van der Waals surface area contributed by atoms with Crippen molar-refractivity contribution in [2.45, 2.75) is 12.8 Å². The van der Waals surface area contributed by atoms with Crippen molar-refractivity contribution in [3.63, 3.8) is 0 Å². The van der Waals surface area contributed by atoms with E-state index in [2.05, 4.69) is 193 Å². The van der Waals surface area contributed by atoms with E-state index in [1.165, 1.54) is 16.7 Å². The number of allylic oxidation sites excluding steroid dienone is 4. The standard InChI is InChI=1S/C63H42N4O/c1-5-17-41(18-6-1)43-29-33-45(34-30-43)52-37-49(63-65-61(47-21-9-3-10-22-47)64-62(66-63)48-23-11-4-12-24-48)38-53(46-35-31-44(32-36-46)42-19-7-2-8-20-42)60(52)67-56-27-15-13-25-50(56)54-40-59-55(39-57(54)67)51-26-14-16-28-58(51)68-59/h1,3-7,9-40H,2,8H2. The maximum absolute atomic E-state index is 6.53. The highest BCUT2D eigenvalue weighted by atomic mass is 16.3. The van der Waals surface area contributed by atoms with E-state index in [1.54, 1.807) is 0 Å². The summed E-state index contributed by atoms with van der Waals surface area (Å²) >= 11 is 0. The van der Waals surface area contributed by atoms with Gasteiger partial charge in [-0.2, -0.15) is 0 Å². The molecule has 0 aliphatic heterocycles. The highest BCUT2D eigenvalue weighted by molar-refractivity contribution is 6.18. The first-order valence-corrected chi connectivity index (χ1v) is 23.2. The van der Waals surface area contributed by atoms with Gasteiger partial charge in [-0.3, -0.25) is 0 Å². The predicted molar refractivity (Wildman–Crippen MR) is 280 cm³/mol. The molecule has 68 heavy (non-hydrogen) atoms. The Bertz CT molecular complexity index is 3860. The molecule has 0 saturated heterocycles. The topological polar surface area (TPSA) is 56.7 Å². The molecule has 5 nitrogen and oxygen atoms in total. The molecule has 0 spiro atoms. The van der Waals surface area contributed by atoms with Gasteiger partial charge >= 0.3 is 0 Å². The van der Waals surface area contributed by atoms with Crippen molar-refractivity contribution in [3.05, 3.63) is 236 Å². The fourth-order valence-electron chi connectivity index (χ4n) is 9.95. The van der Waals surface area contributed by atoms with Crippen molar-refractivity contribution in [1.82, 2.24) is 19.5 Å². The molecular formula is C63H42N4O. The van der Waals surface area contributed by atoms with E-state index in [0.29, 0.717) is 17.5 Å². The lowest BCUT2D eigenvalue weighted by atomic mass is 9.90. The Morgan fingerprint density at radius 2 is 0.868 bits per heavy atom. The van der Waals surface area contributed by atoms with Crippen LogP contribution in [0.5, 0.6) is 0 Å². The van der Waals surface area contributed by atoms with Gasteiger partial charge in [-0.1, -0.05) is 194 Å². The summed E-state index contributed by atoms with van der Waals surface area (Å²) in [5.74, 6) is 1.83. The summed E-state index contributed by atoms with van der Waals surface area (Å²) in [6, 6.07) is 75.2. The Kier molecular flexibility index (Phi) is 9.57. The van der Waals surface area contributed by atoms with Crippen molar-refractivity contribution in [2.24, 2.45) is 0 Å². The quantitative estimate of drug-likeness (QED) is 0.153. The van der Waals surface area contributed by atoms with Crippen LogP contribution in [0.2, 0.25) is 0 Å². The van der Waals surface area contributed by atoms with Crippen LogP contribution >= 0.6 is 0 Å². The first-order valence-electron chi connectivity index (χ1n) is 23.2. The monoisotopic (exact) mass is 870 g/mol. The summed E-state index contributed by atoms with van der Waals surface area (Å²) in [5, 5.41) is 4.44. The molecule has 0 saturated carbocycles. The van der Waals surface area contributed by atoms with E-state index in [4.69, 9.17) is 19.4 Å². The van der Waals surface area contributed by atoms with E-state index in [0.717, 1.165) is 107 Å². The van der Waals surface area contributed by atoms with E-state index >= 15 is 0 Å². The van der Waals surface area contributed by atoms with Gasteiger partial charge in [0.15, 0.2) is 17.5 Å². The number of benzene rings is 9. The average molecular weight is 871 g/mol. The van der Waals surface area contributed by atoms with E-state index in [1.807, 2.05) is 42.5 Å². The lowest BCUT2D eigenvalue weighted by Gasteiger charge is -2.21. The van der Waals surface area contributed by atoms with Gasteiger partial charge in [0.1, 0.15) is 11.2 Å². The molecule has 0 unspecified atom stereocenters. The Labute approximate surface area is 393 Å². The zero-order valence-corrected chi connectivity index (χ0v) is 37.1. The lowest BCUT2D eigenvalue weighted by Crippen LogP contribution is -2.04. The second-order valence-electron chi connectivity index (χ2n) is 17.4. The molecule has 320 valence electrons. The van der Waals surface area contributed by atoms with E-state index in [9.17, 15) is 0 Å². The fourth-order valence-corrected chi connectivity index (χ4v) is 9.95. The normalized spacial score (nSPS) is 12.6. The minimum atomic E-state index is 0.593. The molecule has 0 bridgehead atoms. The molecule has 0 atom stereocenters. The zero-order valence-electron chi connectivity index (χ0n) is 37.1. The van der Waals surface area contributed by atoms with Gasteiger partial charge < -0.3 is 8.98 Å². The van der Waals surface area contributed by atoms with Gasteiger partial charge in [0, 0.05) is 49.4 Å². The van der Waals surface area contributed by atoms with Crippen molar-refractivity contribution in [2.75, 3.05) is 0 Å². The molecule has 0 amide bonds. The molecule has 9 aromatic carbocycles. The molecule has 0 radical (unpaired) electrons. The average Bonchev–Trinajstić information content (AvgIpc) is 3.95. The number of fused-ring (bicyclic) bond motifs is 6. The summed E-state index contributed by atoms with van der Waals surface area (Å²) in [4.78, 5) is 15.7. The van der Waals surface area contributed by atoms with Crippen LogP contribution in [0, 0.1) is 0 Å². The van der Waals surface area contributed by atoms with Crippen LogP contribution in [0.25, 0.3) is 123 Å². The van der Waals surface area contributed by atoms with Crippen LogP contribution in [0.1, 0.15) is 18.4 Å². The number of furan rings is 1. The zero-order chi connectivity index (χ0) is 45.0. The third-order valence-electron chi connectivity index (χ3n) is 13.3. The van der Waals surface area contributed by atoms with Crippen LogP contribution < -0.4 is 0 Å². The molecule has 3 aromatic heterocycles.